The minimum atomic E-state index is -0.848. The first kappa shape index (κ1) is 17.3. The average Bonchev–Trinajstić information content (AvgIpc) is 2.90. The summed E-state index contributed by atoms with van der Waals surface area (Å²) >= 11 is -0.848. The molecule has 2 aliphatic heterocycles. The number of aromatic nitrogens is 2. The minimum absolute atomic E-state index is 0.132. The molecule has 3 rings (SSSR count). The first-order valence-electron chi connectivity index (χ1n) is 7.40. The number of rotatable bonds is 4. The quantitative estimate of drug-likeness (QED) is 0.753. The van der Waals surface area contributed by atoms with E-state index >= 15 is 0 Å². The van der Waals surface area contributed by atoms with Crippen LogP contribution in [0.15, 0.2) is 21.9 Å². The van der Waals surface area contributed by atoms with Crippen molar-refractivity contribution in [3.63, 3.8) is 0 Å². The van der Waals surface area contributed by atoms with Gasteiger partial charge in [0.1, 0.15) is 0 Å². The van der Waals surface area contributed by atoms with Crippen molar-refractivity contribution < 1.29 is 14.2 Å². The van der Waals surface area contributed by atoms with Gasteiger partial charge in [0, 0.05) is 0 Å². The summed E-state index contributed by atoms with van der Waals surface area (Å²) in [6, 6.07) is 1.31. The van der Waals surface area contributed by atoms with Crippen molar-refractivity contribution >= 4 is 23.5 Å². The molecule has 0 bridgehead atoms. The third kappa shape index (κ3) is 3.61. The van der Waals surface area contributed by atoms with Crippen LogP contribution in [0, 0.1) is 0 Å². The van der Waals surface area contributed by atoms with Gasteiger partial charge in [0.15, 0.2) is 0 Å². The number of nitrogens with one attached hydrogen (secondary N) is 1. The topological polar surface area (TPSA) is 82.6 Å². The second-order valence-corrected chi connectivity index (χ2v) is 15.7. The Bertz CT molecular complexity index is 688. The first-order valence-corrected chi connectivity index (χ1v) is 14.4. The first-order chi connectivity index (χ1) is 10.8. The van der Waals surface area contributed by atoms with Gasteiger partial charge < -0.3 is 0 Å². The average molecular weight is 404 g/mol. The molecule has 7 nitrogen and oxygen atoms in total. The zero-order valence-electron chi connectivity index (χ0n) is 13.5. The molecule has 2 fully saturated rings. The van der Waals surface area contributed by atoms with Gasteiger partial charge in [0.2, 0.25) is 0 Å². The second-order valence-electron chi connectivity index (χ2n) is 6.26. The van der Waals surface area contributed by atoms with E-state index in [0.717, 1.165) is 5.75 Å². The Morgan fingerprint density at radius 2 is 2.00 bits per heavy atom. The molecule has 0 aromatic carbocycles. The normalized spacial score (nSPS) is 32.4. The van der Waals surface area contributed by atoms with Crippen molar-refractivity contribution in [2.45, 2.75) is 55.6 Å². The Hall–Kier alpha value is -0.532. The molecule has 2 saturated heterocycles. The molecule has 0 radical (unpaired) electrons. The summed E-state index contributed by atoms with van der Waals surface area (Å²) in [5.74, 6) is 0.115. The molecule has 1 N–H and O–H groups in total. The van der Waals surface area contributed by atoms with Gasteiger partial charge in [-0.15, -0.1) is 0 Å². The van der Waals surface area contributed by atoms with Gasteiger partial charge >= 0.3 is 142 Å². The monoisotopic (exact) mass is 404 g/mol. The molecular weight excluding hydrogens is 383 g/mol. The molecule has 23 heavy (non-hydrogen) atoms. The maximum absolute atomic E-state index is 12.1. The number of nitrogens with zero attached hydrogens (tertiary/aromatic N) is 1. The van der Waals surface area contributed by atoms with Crippen LogP contribution in [-0.2, 0) is 14.2 Å². The van der Waals surface area contributed by atoms with Crippen molar-refractivity contribution in [3.8, 4) is 0 Å². The van der Waals surface area contributed by atoms with Crippen molar-refractivity contribution in [2.75, 3.05) is 5.75 Å². The summed E-state index contributed by atoms with van der Waals surface area (Å²) in [5.41, 5.74) is 3.61. The van der Waals surface area contributed by atoms with Crippen molar-refractivity contribution in [1.29, 1.82) is 0 Å². The molecule has 0 saturated carbocycles. The van der Waals surface area contributed by atoms with E-state index in [1.165, 1.54) is 16.8 Å². The molecule has 1 aromatic rings. The van der Waals surface area contributed by atoms with Crippen molar-refractivity contribution in [3.05, 3.63) is 33.1 Å². The molecule has 4 unspecified atom stereocenters. The number of ether oxygens (including phenoxy) is 3. The number of aromatic amines is 1. The standard InChI is InChI=1S/C14H21AsN2O5S/c1-14(2)21-10-8(7-23-15(3)4)20-12(11(10)22-14)17-6-5-9(18)16-13(17)19/h5-6,8,10-12H,7H2,1-4H3,(H,16,18,19). The van der Waals surface area contributed by atoms with E-state index < -0.39 is 36.8 Å². The van der Waals surface area contributed by atoms with E-state index in [2.05, 4.69) is 16.4 Å². The van der Waals surface area contributed by atoms with Gasteiger partial charge in [0.05, 0.1) is 0 Å². The predicted molar refractivity (Wildman–Crippen MR) is 89.0 cm³/mol. The fourth-order valence-corrected chi connectivity index (χ4v) is 6.38. The molecular formula is C14H21AsN2O5S. The van der Waals surface area contributed by atoms with Crippen LogP contribution < -0.4 is 11.2 Å². The molecule has 0 aliphatic carbocycles. The van der Waals surface area contributed by atoms with Gasteiger partial charge in [-0.1, -0.05) is 0 Å². The Balaban J connectivity index is 1.88. The van der Waals surface area contributed by atoms with E-state index in [4.69, 9.17) is 14.2 Å². The van der Waals surface area contributed by atoms with Crippen LogP contribution >= 0.6 is 10.0 Å². The third-order valence-electron chi connectivity index (χ3n) is 3.75. The Labute approximate surface area is 141 Å². The summed E-state index contributed by atoms with van der Waals surface area (Å²) in [6.07, 6.45) is 0.146. The summed E-state index contributed by atoms with van der Waals surface area (Å²) in [7, 11) is 1.92. The second kappa shape index (κ2) is 6.41. The van der Waals surface area contributed by atoms with E-state index in [1.54, 1.807) is 0 Å². The van der Waals surface area contributed by atoms with Crippen LogP contribution in [0.5, 0.6) is 0 Å². The Morgan fingerprint density at radius 1 is 1.30 bits per heavy atom. The molecule has 128 valence electrons. The van der Waals surface area contributed by atoms with Gasteiger partial charge in [-0.2, -0.15) is 0 Å². The fraction of sp³-hybridized carbons (Fsp3) is 0.714. The third-order valence-corrected chi connectivity index (χ3v) is 8.93. The molecule has 2 aliphatic rings. The van der Waals surface area contributed by atoms with Crippen LogP contribution in [0.25, 0.3) is 0 Å². The van der Waals surface area contributed by atoms with Gasteiger partial charge in [0.25, 0.3) is 0 Å². The number of H-pyrrole nitrogens is 1. The number of hydrogen-bond donors (Lipinski definition) is 1. The predicted octanol–water partition coefficient (Wildman–Crippen LogP) is 0.938. The molecule has 3 heterocycles. The maximum atomic E-state index is 12.1. The van der Waals surface area contributed by atoms with Crippen LogP contribution in [0.3, 0.4) is 0 Å². The Morgan fingerprint density at radius 3 is 2.65 bits per heavy atom. The molecule has 0 spiro atoms. The van der Waals surface area contributed by atoms with E-state index in [0.29, 0.717) is 0 Å². The van der Waals surface area contributed by atoms with Crippen LogP contribution in [0.4, 0.5) is 0 Å². The fourth-order valence-electron chi connectivity index (χ4n) is 2.87. The summed E-state index contributed by atoms with van der Waals surface area (Å²) in [4.78, 5) is 25.6. The van der Waals surface area contributed by atoms with Gasteiger partial charge in [-0.3, -0.25) is 0 Å². The summed E-state index contributed by atoms with van der Waals surface area (Å²) in [5, 5.41) is 0. The zero-order valence-corrected chi connectivity index (χ0v) is 16.2. The SMILES string of the molecule is C[As](C)SCC1OC(n2ccc(=O)[nH]c2=O)C2OC(C)(C)OC12. The number of fused-ring (bicyclic) bond motifs is 1. The van der Waals surface area contributed by atoms with Crippen LogP contribution in [0.1, 0.15) is 20.1 Å². The zero-order chi connectivity index (χ0) is 16.8. The van der Waals surface area contributed by atoms with Gasteiger partial charge in [-0.25, -0.2) is 0 Å². The van der Waals surface area contributed by atoms with Crippen molar-refractivity contribution in [2.24, 2.45) is 0 Å². The van der Waals surface area contributed by atoms with Crippen molar-refractivity contribution in [1.82, 2.24) is 9.55 Å². The Kier molecular flexibility index (Phi) is 4.82. The summed E-state index contributed by atoms with van der Waals surface area (Å²) < 4.78 is 19.4. The molecule has 1 aromatic heterocycles. The van der Waals surface area contributed by atoms with E-state index in [1.807, 2.05) is 23.9 Å². The van der Waals surface area contributed by atoms with E-state index in [9.17, 15) is 9.59 Å². The number of hydrogen-bond acceptors (Lipinski definition) is 6. The molecule has 0 amide bonds. The molecule has 4 atom stereocenters. The van der Waals surface area contributed by atoms with Crippen LogP contribution in [-0.4, -0.2) is 52.9 Å². The molecule has 9 heteroatoms. The van der Waals surface area contributed by atoms with E-state index in [-0.39, 0.29) is 18.3 Å². The summed E-state index contributed by atoms with van der Waals surface area (Å²) in [6.45, 7) is 3.72. The van der Waals surface area contributed by atoms with Gasteiger partial charge in [-0.05, 0) is 0 Å². The van der Waals surface area contributed by atoms with Crippen LogP contribution in [0.2, 0.25) is 11.4 Å².